The Morgan fingerprint density at radius 3 is 2.50 bits per heavy atom. The Hall–Kier alpha value is -0.850. The number of nitrogens with zero attached hydrogens (tertiary/aromatic N) is 2. The average molecular weight is 375 g/mol. The second kappa shape index (κ2) is 5.86. The number of nitrogens with two attached hydrogens (primary N) is 1. The van der Waals surface area contributed by atoms with E-state index >= 15 is 0 Å². The van der Waals surface area contributed by atoms with Crippen molar-refractivity contribution in [3.63, 3.8) is 0 Å². The van der Waals surface area contributed by atoms with Crippen molar-refractivity contribution in [2.45, 2.75) is 13.2 Å². The summed E-state index contributed by atoms with van der Waals surface area (Å²) < 4.78 is 9.50. The number of imidazole rings is 1. The zero-order valence-electron chi connectivity index (χ0n) is 9.86. The van der Waals surface area contributed by atoms with E-state index in [2.05, 4.69) is 36.8 Å². The van der Waals surface area contributed by atoms with E-state index in [1.807, 2.05) is 23.7 Å². The van der Waals surface area contributed by atoms with Crippen molar-refractivity contribution >= 4 is 31.9 Å². The molecule has 0 radical (unpaired) electrons. The molecular weight excluding hydrogens is 362 g/mol. The molecule has 0 saturated carbocycles. The fourth-order valence-electron chi connectivity index (χ4n) is 1.54. The molecule has 0 aliphatic heterocycles. The van der Waals surface area contributed by atoms with Crippen molar-refractivity contribution in [2.75, 3.05) is 0 Å². The van der Waals surface area contributed by atoms with Crippen molar-refractivity contribution in [3.05, 3.63) is 44.9 Å². The second-order valence-corrected chi connectivity index (χ2v) is 5.59. The molecule has 1 aromatic heterocycles. The molecule has 0 atom stereocenters. The number of ether oxygens (including phenoxy) is 1. The van der Waals surface area contributed by atoms with Gasteiger partial charge in [-0.1, -0.05) is 0 Å². The summed E-state index contributed by atoms with van der Waals surface area (Å²) in [4.78, 5) is 4.05. The SMILES string of the molecule is Cn1cncc1COc1c(Br)cc(CN)cc1Br. The molecular formula is C12H13Br2N3O. The zero-order chi connectivity index (χ0) is 13.1. The van der Waals surface area contributed by atoms with Crippen molar-refractivity contribution in [2.24, 2.45) is 12.8 Å². The maximum absolute atomic E-state index is 5.80. The first-order valence-corrected chi connectivity index (χ1v) is 6.96. The van der Waals surface area contributed by atoms with E-state index in [9.17, 15) is 0 Å². The van der Waals surface area contributed by atoms with Crippen LogP contribution < -0.4 is 10.5 Å². The number of aryl methyl sites for hydroxylation is 1. The highest BCUT2D eigenvalue weighted by Gasteiger charge is 2.09. The fourth-order valence-corrected chi connectivity index (χ4v) is 3.05. The van der Waals surface area contributed by atoms with Gasteiger partial charge in [-0.15, -0.1) is 0 Å². The molecule has 0 aliphatic rings. The van der Waals surface area contributed by atoms with Gasteiger partial charge in [0.2, 0.25) is 0 Å². The Morgan fingerprint density at radius 2 is 2.00 bits per heavy atom. The monoisotopic (exact) mass is 373 g/mol. The first-order chi connectivity index (χ1) is 8.61. The summed E-state index contributed by atoms with van der Waals surface area (Å²) in [5.74, 6) is 0.772. The maximum atomic E-state index is 5.80. The molecule has 2 rings (SSSR count). The highest BCUT2D eigenvalue weighted by Crippen LogP contribution is 2.35. The first kappa shape index (κ1) is 13.6. The molecule has 2 aromatic rings. The Balaban J connectivity index is 2.17. The van der Waals surface area contributed by atoms with Crippen LogP contribution >= 0.6 is 31.9 Å². The van der Waals surface area contributed by atoms with Gasteiger partial charge >= 0.3 is 0 Å². The van der Waals surface area contributed by atoms with Gasteiger partial charge in [0.25, 0.3) is 0 Å². The topological polar surface area (TPSA) is 53.1 Å². The molecule has 0 unspecified atom stereocenters. The summed E-state index contributed by atoms with van der Waals surface area (Å²) in [6.45, 7) is 0.967. The minimum Gasteiger partial charge on any atom is -0.485 e. The van der Waals surface area contributed by atoms with Crippen molar-refractivity contribution in [3.8, 4) is 5.75 Å². The molecule has 1 heterocycles. The van der Waals surface area contributed by atoms with E-state index in [1.165, 1.54) is 0 Å². The van der Waals surface area contributed by atoms with E-state index in [4.69, 9.17) is 10.5 Å². The van der Waals surface area contributed by atoms with Crippen molar-refractivity contribution in [1.82, 2.24) is 9.55 Å². The molecule has 0 saturated heterocycles. The minimum absolute atomic E-state index is 0.468. The van der Waals surface area contributed by atoms with Gasteiger partial charge in [-0.05, 0) is 49.6 Å². The number of rotatable bonds is 4. The van der Waals surface area contributed by atoms with Crippen LogP contribution in [0.25, 0.3) is 0 Å². The molecule has 6 heteroatoms. The minimum atomic E-state index is 0.468. The summed E-state index contributed by atoms with van der Waals surface area (Å²) in [6.07, 6.45) is 3.54. The second-order valence-electron chi connectivity index (χ2n) is 3.88. The van der Waals surface area contributed by atoms with Gasteiger partial charge in [0.1, 0.15) is 12.4 Å². The largest absolute Gasteiger partial charge is 0.485 e. The lowest BCUT2D eigenvalue weighted by Crippen LogP contribution is -2.03. The van der Waals surface area contributed by atoms with E-state index in [0.29, 0.717) is 13.2 Å². The fraction of sp³-hybridized carbons (Fsp3) is 0.250. The third-order valence-electron chi connectivity index (χ3n) is 2.57. The Bertz CT molecular complexity index is 531. The van der Waals surface area contributed by atoms with E-state index in [-0.39, 0.29) is 0 Å². The predicted octanol–water partition coefficient (Wildman–Crippen LogP) is 2.98. The Morgan fingerprint density at radius 1 is 1.33 bits per heavy atom. The predicted molar refractivity (Wildman–Crippen MR) is 77.3 cm³/mol. The molecule has 96 valence electrons. The van der Waals surface area contributed by atoms with Crippen LogP contribution in [0.3, 0.4) is 0 Å². The van der Waals surface area contributed by atoms with Gasteiger partial charge in [0.15, 0.2) is 0 Å². The van der Waals surface area contributed by atoms with Gasteiger partial charge in [-0.25, -0.2) is 4.98 Å². The number of halogens is 2. The zero-order valence-corrected chi connectivity index (χ0v) is 13.0. The van der Waals surface area contributed by atoms with Crippen molar-refractivity contribution in [1.29, 1.82) is 0 Å². The quantitative estimate of drug-likeness (QED) is 0.894. The third kappa shape index (κ3) is 2.93. The highest BCUT2D eigenvalue weighted by molar-refractivity contribution is 9.11. The molecule has 0 amide bonds. The molecule has 0 spiro atoms. The van der Waals surface area contributed by atoms with E-state index in [1.54, 1.807) is 12.5 Å². The van der Waals surface area contributed by atoms with Crippen LogP contribution in [0.2, 0.25) is 0 Å². The number of benzene rings is 1. The molecule has 2 N–H and O–H groups in total. The third-order valence-corrected chi connectivity index (χ3v) is 3.75. The van der Waals surface area contributed by atoms with Gasteiger partial charge in [0, 0.05) is 13.6 Å². The Kier molecular flexibility index (Phi) is 4.42. The van der Waals surface area contributed by atoms with Crippen LogP contribution in [0.5, 0.6) is 5.75 Å². The maximum Gasteiger partial charge on any atom is 0.148 e. The van der Waals surface area contributed by atoms with Gasteiger partial charge in [-0.2, -0.15) is 0 Å². The average Bonchev–Trinajstić information content (AvgIpc) is 2.73. The van der Waals surface area contributed by atoms with Crippen LogP contribution in [0.15, 0.2) is 33.6 Å². The van der Waals surface area contributed by atoms with Crippen LogP contribution in [0.4, 0.5) is 0 Å². The molecule has 0 aliphatic carbocycles. The van der Waals surface area contributed by atoms with Crippen molar-refractivity contribution < 1.29 is 4.74 Å². The Labute approximate surface area is 122 Å². The lowest BCUT2D eigenvalue weighted by atomic mass is 10.2. The number of aromatic nitrogens is 2. The lowest BCUT2D eigenvalue weighted by molar-refractivity contribution is 0.293. The van der Waals surface area contributed by atoms with Gasteiger partial charge in [-0.3, -0.25) is 0 Å². The van der Waals surface area contributed by atoms with Crippen LogP contribution in [0.1, 0.15) is 11.3 Å². The summed E-state index contributed by atoms with van der Waals surface area (Å²) >= 11 is 6.98. The highest BCUT2D eigenvalue weighted by atomic mass is 79.9. The number of hydrogen-bond donors (Lipinski definition) is 1. The smallest absolute Gasteiger partial charge is 0.148 e. The van der Waals surface area contributed by atoms with Gasteiger partial charge in [0.05, 0.1) is 27.2 Å². The summed E-state index contributed by atoms with van der Waals surface area (Å²) in [5.41, 5.74) is 7.67. The normalized spacial score (nSPS) is 10.7. The van der Waals surface area contributed by atoms with E-state index < -0.39 is 0 Å². The summed E-state index contributed by atoms with van der Waals surface area (Å²) in [6, 6.07) is 3.92. The summed E-state index contributed by atoms with van der Waals surface area (Å²) in [5, 5.41) is 0. The van der Waals surface area contributed by atoms with Crippen LogP contribution in [-0.2, 0) is 20.2 Å². The van der Waals surface area contributed by atoms with E-state index in [0.717, 1.165) is 26.0 Å². The number of hydrogen-bond acceptors (Lipinski definition) is 3. The molecule has 18 heavy (non-hydrogen) atoms. The lowest BCUT2D eigenvalue weighted by Gasteiger charge is -2.12. The molecule has 0 fully saturated rings. The van der Waals surface area contributed by atoms with Crippen LogP contribution in [0, 0.1) is 0 Å². The van der Waals surface area contributed by atoms with Crippen LogP contribution in [-0.4, -0.2) is 9.55 Å². The molecule has 4 nitrogen and oxygen atoms in total. The molecule has 1 aromatic carbocycles. The van der Waals surface area contributed by atoms with Gasteiger partial charge < -0.3 is 15.0 Å². The molecule has 0 bridgehead atoms. The summed E-state index contributed by atoms with van der Waals surface area (Å²) in [7, 11) is 1.94. The first-order valence-electron chi connectivity index (χ1n) is 5.37. The standard InChI is InChI=1S/C12H13Br2N3O/c1-17-7-16-5-9(17)6-18-12-10(13)2-8(4-15)3-11(12)14/h2-3,5,7H,4,6,15H2,1H3.